The minimum absolute atomic E-state index is 0.205. The number of rotatable bonds is 4. The van der Waals surface area contributed by atoms with Crippen LogP contribution in [-0.2, 0) is 0 Å². The summed E-state index contributed by atoms with van der Waals surface area (Å²) >= 11 is 0. The minimum Gasteiger partial charge on any atom is -0.488 e. The van der Waals surface area contributed by atoms with Gasteiger partial charge in [0.15, 0.2) is 0 Å². The summed E-state index contributed by atoms with van der Waals surface area (Å²) in [6.07, 6.45) is 4.08. The van der Waals surface area contributed by atoms with Gasteiger partial charge in [-0.2, -0.15) is 0 Å². The molecule has 1 aliphatic carbocycles. The van der Waals surface area contributed by atoms with Gasteiger partial charge in [0, 0.05) is 20.2 Å². The quantitative estimate of drug-likeness (QED) is 0.797. The molecule has 1 heterocycles. The molecule has 1 saturated carbocycles. The predicted molar refractivity (Wildman–Crippen MR) is 60.8 cm³/mol. The normalized spacial score (nSPS) is 14.4. The molecule has 0 aromatic carbocycles. The molecule has 0 atom stereocenters. The number of aromatic nitrogens is 1. The Labute approximate surface area is 94.2 Å². The molecule has 1 fully saturated rings. The van der Waals surface area contributed by atoms with Crippen LogP contribution in [0.5, 0.6) is 5.75 Å². The summed E-state index contributed by atoms with van der Waals surface area (Å²) in [6.45, 7) is 0. The maximum Gasteiger partial charge on any atom is 0.269 e. The molecule has 2 N–H and O–H groups in total. The van der Waals surface area contributed by atoms with Crippen molar-refractivity contribution in [2.24, 2.45) is 0 Å². The minimum atomic E-state index is -0.205. The van der Waals surface area contributed by atoms with Crippen LogP contribution in [0.15, 0.2) is 12.3 Å². The van der Waals surface area contributed by atoms with E-state index in [1.165, 1.54) is 0 Å². The van der Waals surface area contributed by atoms with Gasteiger partial charge in [0.05, 0.1) is 18.0 Å². The highest BCUT2D eigenvalue weighted by Gasteiger charge is 2.25. The van der Waals surface area contributed by atoms with Crippen molar-refractivity contribution in [3.63, 3.8) is 0 Å². The topological polar surface area (TPSA) is 63.2 Å². The van der Waals surface area contributed by atoms with Crippen LogP contribution in [0.3, 0.4) is 0 Å². The van der Waals surface area contributed by atoms with E-state index in [1.807, 2.05) is 0 Å². The van der Waals surface area contributed by atoms with Gasteiger partial charge in [0.25, 0.3) is 5.91 Å². The molecule has 1 aromatic rings. The molecule has 0 bridgehead atoms. The predicted octanol–water partition coefficient (Wildman–Crippen LogP) is 1.02. The van der Waals surface area contributed by atoms with Crippen molar-refractivity contribution >= 4 is 11.6 Å². The van der Waals surface area contributed by atoms with Crippen molar-refractivity contribution in [1.29, 1.82) is 0 Å². The molecule has 0 unspecified atom stereocenters. The lowest BCUT2D eigenvalue weighted by atomic mass is 10.3. The zero-order valence-corrected chi connectivity index (χ0v) is 9.41. The number of ether oxygens (including phenoxy) is 1. The van der Waals surface area contributed by atoms with Gasteiger partial charge in [-0.3, -0.25) is 4.79 Å². The molecule has 16 heavy (non-hydrogen) atoms. The summed E-state index contributed by atoms with van der Waals surface area (Å²) in [6, 6.07) is 1.67. The highest BCUT2D eigenvalue weighted by molar-refractivity contribution is 5.92. The standard InChI is InChI=1S/C11H15N3O2/c1-12-9-6-14-8(11(15)13-2)5-10(9)16-7-3-4-7/h5-7,12H,3-4H2,1-2H3,(H,13,15). The number of hydrogen-bond donors (Lipinski definition) is 2. The summed E-state index contributed by atoms with van der Waals surface area (Å²) in [5, 5.41) is 5.53. The monoisotopic (exact) mass is 221 g/mol. The van der Waals surface area contributed by atoms with Gasteiger partial charge < -0.3 is 15.4 Å². The van der Waals surface area contributed by atoms with Gasteiger partial charge in [-0.15, -0.1) is 0 Å². The van der Waals surface area contributed by atoms with Crippen LogP contribution in [0, 0.1) is 0 Å². The molecular formula is C11H15N3O2. The molecule has 2 rings (SSSR count). The highest BCUT2D eigenvalue weighted by atomic mass is 16.5. The van der Waals surface area contributed by atoms with Crippen molar-refractivity contribution < 1.29 is 9.53 Å². The van der Waals surface area contributed by atoms with E-state index in [0.717, 1.165) is 18.5 Å². The van der Waals surface area contributed by atoms with Gasteiger partial charge in [-0.05, 0) is 12.8 Å². The zero-order chi connectivity index (χ0) is 11.5. The SMILES string of the molecule is CNC(=O)c1cc(OC2CC2)c(NC)cn1. The van der Waals surface area contributed by atoms with Crippen molar-refractivity contribution in [3.8, 4) is 5.75 Å². The number of nitrogens with one attached hydrogen (secondary N) is 2. The summed E-state index contributed by atoms with van der Waals surface area (Å²) in [5.41, 5.74) is 1.18. The Kier molecular flexibility index (Phi) is 2.94. The maximum atomic E-state index is 11.4. The Bertz CT molecular complexity index is 402. The maximum absolute atomic E-state index is 11.4. The lowest BCUT2D eigenvalue weighted by molar-refractivity contribution is 0.0957. The average molecular weight is 221 g/mol. The van der Waals surface area contributed by atoms with Gasteiger partial charge in [0.2, 0.25) is 0 Å². The van der Waals surface area contributed by atoms with E-state index in [4.69, 9.17) is 4.74 Å². The highest BCUT2D eigenvalue weighted by Crippen LogP contribution is 2.31. The van der Waals surface area contributed by atoms with Crippen LogP contribution in [0.4, 0.5) is 5.69 Å². The first-order chi connectivity index (χ1) is 7.74. The largest absolute Gasteiger partial charge is 0.488 e. The lowest BCUT2D eigenvalue weighted by Crippen LogP contribution is -2.19. The van der Waals surface area contributed by atoms with Gasteiger partial charge in [0.1, 0.15) is 11.4 Å². The summed E-state index contributed by atoms with van der Waals surface area (Å²) in [4.78, 5) is 15.5. The van der Waals surface area contributed by atoms with E-state index < -0.39 is 0 Å². The first-order valence-electron chi connectivity index (χ1n) is 5.31. The van der Waals surface area contributed by atoms with Crippen molar-refractivity contribution in [2.45, 2.75) is 18.9 Å². The second-order valence-corrected chi connectivity index (χ2v) is 3.71. The molecular weight excluding hydrogens is 206 g/mol. The fraction of sp³-hybridized carbons (Fsp3) is 0.455. The first-order valence-corrected chi connectivity index (χ1v) is 5.31. The molecule has 1 aromatic heterocycles. The van der Waals surface area contributed by atoms with E-state index in [1.54, 1.807) is 26.4 Å². The summed E-state index contributed by atoms with van der Waals surface area (Å²) < 4.78 is 5.70. The van der Waals surface area contributed by atoms with Crippen LogP contribution in [0.1, 0.15) is 23.3 Å². The van der Waals surface area contributed by atoms with Crippen LogP contribution in [0.2, 0.25) is 0 Å². The molecule has 1 aliphatic rings. The molecule has 5 heteroatoms. The Balaban J connectivity index is 2.25. The average Bonchev–Trinajstić information content (AvgIpc) is 3.12. The molecule has 0 spiro atoms. The third kappa shape index (κ3) is 2.24. The number of amides is 1. The Hall–Kier alpha value is -1.78. The second-order valence-electron chi connectivity index (χ2n) is 3.71. The van der Waals surface area contributed by atoms with Crippen molar-refractivity contribution in [2.75, 3.05) is 19.4 Å². The Morgan fingerprint density at radius 3 is 2.81 bits per heavy atom. The molecule has 86 valence electrons. The molecule has 5 nitrogen and oxygen atoms in total. The van der Waals surface area contributed by atoms with Crippen LogP contribution in [-0.4, -0.2) is 31.1 Å². The summed E-state index contributed by atoms with van der Waals surface area (Å²) in [7, 11) is 3.38. The number of carbonyl (C=O) groups is 1. The fourth-order valence-corrected chi connectivity index (χ4v) is 1.34. The summed E-state index contributed by atoms with van der Waals surface area (Å²) in [5.74, 6) is 0.488. The van der Waals surface area contributed by atoms with E-state index in [0.29, 0.717) is 17.5 Å². The van der Waals surface area contributed by atoms with Gasteiger partial charge in [-0.25, -0.2) is 4.98 Å². The number of anilines is 1. The van der Waals surface area contributed by atoms with Crippen molar-refractivity contribution in [1.82, 2.24) is 10.3 Å². The van der Waals surface area contributed by atoms with Crippen molar-refractivity contribution in [3.05, 3.63) is 18.0 Å². The molecule has 1 amide bonds. The van der Waals surface area contributed by atoms with Crippen LogP contribution >= 0.6 is 0 Å². The smallest absolute Gasteiger partial charge is 0.269 e. The third-order valence-electron chi connectivity index (χ3n) is 2.41. The van der Waals surface area contributed by atoms with E-state index in [-0.39, 0.29) is 5.91 Å². The Morgan fingerprint density at radius 2 is 2.25 bits per heavy atom. The second kappa shape index (κ2) is 4.38. The van der Waals surface area contributed by atoms with Gasteiger partial charge in [-0.1, -0.05) is 0 Å². The van der Waals surface area contributed by atoms with E-state index in [9.17, 15) is 4.79 Å². The van der Waals surface area contributed by atoms with E-state index >= 15 is 0 Å². The molecule has 0 aliphatic heterocycles. The Morgan fingerprint density at radius 1 is 1.50 bits per heavy atom. The zero-order valence-electron chi connectivity index (χ0n) is 9.41. The number of hydrogen-bond acceptors (Lipinski definition) is 4. The molecule has 0 radical (unpaired) electrons. The van der Waals surface area contributed by atoms with Gasteiger partial charge >= 0.3 is 0 Å². The van der Waals surface area contributed by atoms with Crippen LogP contribution < -0.4 is 15.4 Å². The van der Waals surface area contributed by atoms with E-state index in [2.05, 4.69) is 15.6 Å². The number of carbonyl (C=O) groups excluding carboxylic acids is 1. The molecule has 0 saturated heterocycles. The third-order valence-corrected chi connectivity index (χ3v) is 2.41. The first kappa shape index (κ1) is 10.7. The fourth-order valence-electron chi connectivity index (χ4n) is 1.34. The number of pyridine rings is 1. The number of nitrogens with zero attached hydrogens (tertiary/aromatic N) is 1. The van der Waals surface area contributed by atoms with Crippen LogP contribution in [0.25, 0.3) is 0 Å². The lowest BCUT2D eigenvalue weighted by Gasteiger charge is -2.11.